The van der Waals surface area contributed by atoms with Crippen LogP contribution in [-0.2, 0) is 0 Å². The van der Waals surface area contributed by atoms with E-state index in [0.29, 0.717) is 0 Å². The van der Waals surface area contributed by atoms with Gasteiger partial charge in [-0.2, -0.15) is 0 Å². The third-order valence-electron chi connectivity index (χ3n) is 3.29. The van der Waals surface area contributed by atoms with Crippen LogP contribution in [0.2, 0.25) is 0 Å². The third-order valence-corrected chi connectivity index (χ3v) is 3.29. The molecule has 2 aromatic rings. The molecule has 0 aromatic heterocycles. The number of benzene rings is 2. The van der Waals surface area contributed by atoms with Gasteiger partial charge < -0.3 is 0 Å². The minimum Gasteiger partial charge on any atom is -0.0985 e. The van der Waals surface area contributed by atoms with Crippen molar-refractivity contribution in [1.29, 1.82) is 0 Å². The van der Waals surface area contributed by atoms with Gasteiger partial charge in [-0.15, -0.1) is 0 Å². The topological polar surface area (TPSA) is 0 Å². The fraction of sp³-hybridized carbons (Fsp3) is 0. The van der Waals surface area contributed by atoms with Crippen molar-refractivity contribution >= 4 is 24.3 Å². The first-order chi connectivity index (χ1) is 9.71. The molecule has 20 heavy (non-hydrogen) atoms. The van der Waals surface area contributed by atoms with E-state index in [1.165, 1.54) is 0 Å². The van der Waals surface area contributed by atoms with Gasteiger partial charge in [0, 0.05) is 0 Å². The number of hydrogen-bond donors (Lipinski definition) is 0. The zero-order valence-electron chi connectivity index (χ0n) is 11.6. The molecular weight excluding hydrogens is 240 g/mol. The zero-order chi connectivity index (χ0) is 14.5. The maximum absolute atomic E-state index is 3.90. The standard InChI is InChI=1S/C20H18/c1-5-15-9-10-20(18(8-4)12-15)19-13-16(6-2)11-17(7-3)14-19/h5-14H,1-4H2. The predicted molar refractivity (Wildman–Crippen MR) is 92.2 cm³/mol. The Morgan fingerprint density at radius 2 is 1.20 bits per heavy atom. The Kier molecular flexibility index (Phi) is 4.17. The van der Waals surface area contributed by atoms with Crippen LogP contribution in [0.4, 0.5) is 0 Å². The summed E-state index contributed by atoms with van der Waals surface area (Å²) in [6, 6.07) is 12.6. The van der Waals surface area contributed by atoms with Gasteiger partial charge in [0.25, 0.3) is 0 Å². The molecular formula is C20H18. The van der Waals surface area contributed by atoms with E-state index in [1.807, 2.05) is 24.3 Å². The molecule has 0 aliphatic heterocycles. The van der Waals surface area contributed by atoms with Gasteiger partial charge in [0.2, 0.25) is 0 Å². The van der Waals surface area contributed by atoms with E-state index in [0.717, 1.165) is 33.4 Å². The molecule has 0 radical (unpaired) electrons. The van der Waals surface area contributed by atoms with Crippen molar-refractivity contribution in [1.82, 2.24) is 0 Å². The van der Waals surface area contributed by atoms with Gasteiger partial charge in [0.05, 0.1) is 0 Å². The van der Waals surface area contributed by atoms with Crippen LogP contribution < -0.4 is 0 Å². The summed E-state index contributed by atoms with van der Waals surface area (Å²) < 4.78 is 0. The Morgan fingerprint density at radius 1 is 0.600 bits per heavy atom. The average Bonchev–Trinajstić information content (AvgIpc) is 2.53. The molecule has 0 fully saturated rings. The molecule has 0 saturated heterocycles. The van der Waals surface area contributed by atoms with Crippen LogP contribution in [0.15, 0.2) is 62.7 Å². The Labute approximate surface area is 121 Å². The molecule has 0 bridgehead atoms. The lowest BCUT2D eigenvalue weighted by molar-refractivity contribution is 1.55. The summed E-state index contributed by atoms with van der Waals surface area (Å²) in [5.41, 5.74) is 6.65. The van der Waals surface area contributed by atoms with E-state index in [1.54, 1.807) is 0 Å². The van der Waals surface area contributed by atoms with Crippen LogP contribution in [0.3, 0.4) is 0 Å². The van der Waals surface area contributed by atoms with Crippen LogP contribution in [-0.4, -0.2) is 0 Å². The van der Waals surface area contributed by atoms with Gasteiger partial charge in [-0.1, -0.05) is 62.8 Å². The summed E-state index contributed by atoms with van der Waals surface area (Å²) in [5.74, 6) is 0. The molecule has 0 amide bonds. The quantitative estimate of drug-likeness (QED) is 0.624. The summed E-state index contributed by atoms with van der Waals surface area (Å²) in [4.78, 5) is 0. The van der Waals surface area contributed by atoms with Crippen LogP contribution in [0.1, 0.15) is 22.3 Å². The molecule has 0 aliphatic carbocycles. The molecule has 0 heteroatoms. The molecule has 0 aliphatic rings. The third kappa shape index (κ3) is 2.70. The van der Waals surface area contributed by atoms with Crippen molar-refractivity contribution in [3.8, 4) is 11.1 Å². The van der Waals surface area contributed by atoms with Gasteiger partial charge in [-0.25, -0.2) is 0 Å². The van der Waals surface area contributed by atoms with E-state index >= 15 is 0 Å². The second-order valence-corrected chi connectivity index (χ2v) is 4.55. The molecule has 0 heterocycles. The van der Waals surface area contributed by atoms with E-state index in [-0.39, 0.29) is 0 Å². The number of hydrogen-bond acceptors (Lipinski definition) is 0. The smallest absolute Gasteiger partial charge is 0.0111 e. The molecule has 0 unspecified atom stereocenters. The minimum atomic E-state index is 1.08. The second kappa shape index (κ2) is 6.03. The Hall–Kier alpha value is -2.60. The fourth-order valence-electron chi connectivity index (χ4n) is 2.21. The normalized spacial score (nSPS) is 9.80. The van der Waals surface area contributed by atoms with Crippen molar-refractivity contribution in [3.63, 3.8) is 0 Å². The SMILES string of the molecule is C=Cc1cc(C=C)cc(-c2ccc(C=C)cc2C=C)c1. The molecule has 2 aromatic carbocycles. The van der Waals surface area contributed by atoms with Crippen LogP contribution >= 0.6 is 0 Å². The lowest BCUT2D eigenvalue weighted by Gasteiger charge is -2.10. The minimum absolute atomic E-state index is 1.08. The van der Waals surface area contributed by atoms with E-state index < -0.39 is 0 Å². The Morgan fingerprint density at radius 3 is 1.70 bits per heavy atom. The zero-order valence-corrected chi connectivity index (χ0v) is 11.6. The number of rotatable bonds is 5. The van der Waals surface area contributed by atoms with Crippen molar-refractivity contribution in [2.45, 2.75) is 0 Å². The van der Waals surface area contributed by atoms with E-state index in [9.17, 15) is 0 Å². The lowest BCUT2D eigenvalue weighted by Crippen LogP contribution is -1.87. The van der Waals surface area contributed by atoms with Gasteiger partial charge in [-0.3, -0.25) is 0 Å². The maximum Gasteiger partial charge on any atom is -0.0111 e. The van der Waals surface area contributed by atoms with E-state index in [4.69, 9.17) is 0 Å². The monoisotopic (exact) mass is 258 g/mol. The van der Waals surface area contributed by atoms with Gasteiger partial charge in [-0.05, 0) is 57.6 Å². The predicted octanol–water partition coefficient (Wildman–Crippen LogP) is 5.93. The largest absolute Gasteiger partial charge is 0.0985 e. The first-order valence-corrected chi connectivity index (χ1v) is 6.51. The Balaban J connectivity index is 2.66. The lowest BCUT2D eigenvalue weighted by atomic mass is 9.94. The second-order valence-electron chi connectivity index (χ2n) is 4.55. The van der Waals surface area contributed by atoms with Crippen LogP contribution in [0, 0.1) is 0 Å². The van der Waals surface area contributed by atoms with Crippen molar-refractivity contribution in [2.24, 2.45) is 0 Å². The van der Waals surface area contributed by atoms with Crippen molar-refractivity contribution in [3.05, 3.63) is 85.0 Å². The first kappa shape index (κ1) is 13.8. The molecule has 0 saturated carbocycles. The van der Waals surface area contributed by atoms with E-state index in [2.05, 4.69) is 62.7 Å². The highest BCUT2D eigenvalue weighted by Crippen LogP contribution is 2.28. The van der Waals surface area contributed by atoms with Crippen molar-refractivity contribution < 1.29 is 0 Å². The Bertz CT molecular complexity index is 661. The first-order valence-electron chi connectivity index (χ1n) is 6.51. The van der Waals surface area contributed by atoms with Gasteiger partial charge in [0.1, 0.15) is 0 Å². The highest BCUT2D eigenvalue weighted by molar-refractivity contribution is 5.79. The summed E-state index contributed by atoms with van der Waals surface area (Å²) in [6.45, 7) is 15.4. The maximum atomic E-state index is 3.90. The van der Waals surface area contributed by atoms with Crippen molar-refractivity contribution in [2.75, 3.05) is 0 Å². The molecule has 0 N–H and O–H groups in total. The summed E-state index contributed by atoms with van der Waals surface area (Å²) in [5, 5.41) is 0. The highest BCUT2D eigenvalue weighted by atomic mass is 14.1. The summed E-state index contributed by atoms with van der Waals surface area (Å²) in [7, 11) is 0. The highest BCUT2D eigenvalue weighted by Gasteiger charge is 2.05. The average molecular weight is 258 g/mol. The van der Waals surface area contributed by atoms with Crippen LogP contribution in [0.25, 0.3) is 35.4 Å². The molecule has 0 nitrogen and oxygen atoms in total. The van der Waals surface area contributed by atoms with Crippen LogP contribution in [0.5, 0.6) is 0 Å². The summed E-state index contributed by atoms with van der Waals surface area (Å²) in [6.07, 6.45) is 7.41. The summed E-state index contributed by atoms with van der Waals surface area (Å²) >= 11 is 0. The fourth-order valence-corrected chi connectivity index (χ4v) is 2.21. The van der Waals surface area contributed by atoms with Gasteiger partial charge >= 0.3 is 0 Å². The molecule has 0 spiro atoms. The molecule has 98 valence electrons. The molecule has 0 atom stereocenters. The molecule has 2 rings (SSSR count). The van der Waals surface area contributed by atoms with Gasteiger partial charge in [0.15, 0.2) is 0 Å².